The zero-order chi connectivity index (χ0) is 7.98. The van der Waals surface area contributed by atoms with Gasteiger partial charge in [-0.25, -0.2) is 10.3 Å². The molecule has 0 heterocycles. The van der Waals surface area contributed by atoms with E-state index in [2.05, 4.69) is 10.3 Å². The number of rotatable bonds is 3. The Kier molecular flexibility index (Phi) is 4.66. The Morgan fingerprint density at radius 3 is 2.60 bits per heavy atom. The fraction of sp³-hybridized carbons (Fsp3) is 0.833. The number of amides is 2. The van der Waals surface area contributed by atoms with Crippen LogP contribution in [0.1, 0.15) is 13.8 Å². The molecular weight excluding hydrogens is 132 g/mol. The minimum atomic E-state index is -0.204. The predicted octanol–water partition coefficient (Wildman–Crippen LogP) is 0.599. The summed E-state index contributed by atoms with van der Waals surface area (Å²) in [7, 11) is 1.70. The van der Waals surface area contributed by atoms with E-state index < -0.39 is 0 Å². The molecule has 0 spiro atoms. The Morgan fingerprint density at radius 1 is 1.60 bits per heavy atom. The second-order valence-corrected chi connectivity index (χ2v) is 1.85. The molecule has 0 aliphatic rings. The van der Waals surface area contributed by atoms with Gasteiger partial charge in [-0.05, 0) is 13.8 Å². The Hall–Kier alpha value is -0.770. The molecule has 0 aromatic carbocycles. The van der Waals surface area contributed by atoms with Crippen molar-refractivity contribution >= 4 is 6.03 Å². The van der Waals surface area contributed by atoms with Crippen LogP contribution in [-0.2, 0) is 4.84 Å². The summed E-state index contributed by atoms with van der Waals surface area (Å²) in [6, 6.07) is -0.204. The predicted molar refractivity (Wildman–Crippen MR) is 38.5 cm³/mol. The van der Waals surface area contributed by atoms with E-state index in [4.69, 9.17) is 0 Å². The minimum Gasteiger partial charge on any atom is -0.326 e. The van der Waals surface area contributed by atoms with Crippen LogP contribution < -0.4 is 5.48 Å². The van der Waals surface area contributed by atoms with Gasteiger partial charge in [-0.3, -0.25) is 4.84 Å². The first-order valence-corrected chi connectivity index (χ1v) is 3.35. The van der Waals surface area contributed by atoms with Gasteiger partial charge in [0.15, 0.2) is 0 Å². The molecule has 10 heavy (non-hydrogen) atoms. The lowest BCUT2D eigenvalue weighted by Gasteiger charge is -2.14. The van der Waals surface area contributed by atoms with E-state index in [1.54, 1.807) is 7.05 Å². The molecule has 0 rings (SSSR count). The number of urea groups is 1. The highest BCUT2D eigenvalue weighted by molar-refractivity contribution is 5.72. The van der Waals surface area contributed by atoms with E-state index in [0.717, 1.165) is 0 Å². The van der Waals surface area contributed by atoms with Crippen LogP contribution in [0.3, 0.4) is 0 Å². The lowest BCUT2D eigenvalue weighted by Crippen LogP contribution is -2.36. The van der Waals surface area contributed by atoms with Crippen LogP contribution >= 0.6 is 0 Å². The van der Waals surface area contributed by atoms with Gasteiger partial charge in [0, 0.05) is 13.6 Å². The zero-order valence-electron chi connectivity index (χ0n) is 6.68. The summed E-state index contributed by atoms with van der Waals surface area (Å²) in [5, 5.41) is 0. The monoisotopic (exact) mass is 146 g/mol. The lowest BCUT2D eigenvalue weighted by molar-refractivity contribution is 0.0592. The number of nitrogens with one attached hydrogen (secondary N) is 1. The van der Waals surface area contributed by atoms with Crippen LogP contribution in [0.25, 0.3) is 0 Å². The van der Waals surface area contributed by atoms with Crippen LogP contribution in [-0.4, -0.2) is 31.1 Å². The van der Waals surface area contributed by atoms with Crippen LogP contribution in [0.4, 0.5) is 4.79 Å². The maximum Gasteiger partial charge on any atom is 0.341 e. The lowest BCUT2D eigenvalue weighted by atomic mass is 10.6. The molecule has 0 aliphatic heterocycles. The fourth-order valence-corrected chi connectivity index (χ4v) is 0.355. The molecule has 0 saturated heterocycles. The molecule has 0 aromatic rings. The van der Waals surface area contributed by atoms with Crippen molar-refractivity contribution in [1.82, 2.24) is 10.4 Å². The summed E-state index contributed by atoms with van der Waals surface area (Å²) in [6.07, 6.45) is 0. The molecule has 2 amide bonds. The number of nitrogens with zero attached hydrogens (tertiary/aromatic N) is 1. The van der Waals surface area contributed by atoms with Crippen molar-refractivity contribution in [2.75, 3.05) is 20.2 Å². The van der Waals surface area contributed by atoms with E-state index >= 15 is 0 Å². The first-order valence-electron chi connectivity index (χ1n) is 3.35. The normalized spacial score (nSPS) is 9.10. The van der Waals surface area contributed by atoms with Gasteiger partial charge in [-0.15, -0.1) is 0 Å². The number of hydrogen-bond donors (Lipinski definition) is 1. The smallest absolute Gasteiger partial charge is 0.326 e. The van der Waals surface area contributed by atoms with Crippen molar-refractivity contribution in [3.8, 4) is 0 Å². The molecule has 0 bridgehead atoms. The van der Waals surface area contributed by atoms with Gasteiger partial charge in [0.2, 0.25) is 0 Å². The summed E-state index contributed by atoms with van der Waals surface area (Å²) in [5.74, 6) is 0. The molecule has 4 nitrogen and oxygen atoms in total. The highest BCUT2D eigenvalue weighted by Gasteiger charge is 2.03. The number of hydroxylamine groups is 1. The topological polar surface area (TPSA) is 41.6 Å². The number of carbonyl (C=O) groups excluding carboxylic acids is 1. The van der Waals surface area contributed by atoms with Crippen molar-refractivity contribution in [1.29, 1.82) is 0 Å². The molecule has 0 aliphatic carbocycles. The Labute approximate surface area is 61.1 Å². The van der Waals surface area contributed by atoms with Gasteiger partial charge in [0.25, 0.3) is 0 Å². The molecule has 0 fully saturated rings. The molecule has 4 heteroatoms. The van der Waals surface area contributed by atoms with E-state index in [0.29, 0.717) is 13.2 Å². The van der Waals surface area contributed by atoms with Crippen molar-refractivity contribution < 1.29 is 9.63 Å². The van der Waals surface area contributed by atoms with Crippen molar-refractivity contribution in [2.24, 2.45) is 0 Å². The van der Waals surface area contributed by atoms with Gasteiger partial charge in [0.05, 0.1) is 6.61 Å². The molecule has 1 N–H and O–H groups in total. The first kappa shape index (κ1) is 9.23. The van der Waals surface area contributed by atoms with Gasteiger partial charge in [0.1, 0.15) is 0 Å². The maximum absolute atomic E-state index is 10.8. The average Bonchev–Trinajstić information content (AvgIpc) is 1.98. The summed E-state index contributed by atoms with van der Waals surface area (Å²) >= 11 is 0. The molecule has 0 saturated carbocycles. The molecule has 0 unspecified atom stereocenters. The average molecular weight is 146 g/mol. The maximum atomic E-state index is 10.8. The quantitative estimate of drug-likeness (QED) is 0.592. The summed E-state index contributed by atoms with van der Waals surface area (Å²) in [5.41, 5.74) is 2.27. The second-order valence-electron chi connectivity index (χ2n) is 1.85. The van der Waals surface area contributed by atoms with Crippen molar-refractivity contribution in [3.05, 3.63) is 0 Å². The molecule has 60 valence electrons. The van der Waals surface area contributed by atoms with Gasteiger partial charge in [-0.1, -0.05) is 0 Å². The summed E-state index contributed by atoms with van der Waals surface area (Å²) in [6.45, 7) is 4.87. The van der Waals surface area contributed by atoms with Crippen LogP contribution in [0.2, 0.25) is 0 Å². The SMILES string of the molecule is CCONC(=O)N(C)CC. The van der Waals surface area contributed by atoms with E-state index in [9.17, 15) is 4.79 Å². The Morgan fingerprint density at radius 2 is 2.20 bits per heavy atom. The molecule has 0 radical (unpaired) electrons. The first-order chi connectivity index (χ1) is 4.72. The van der Waals surface area contributed by atoms with Gasteiger partial charge >= 0.3 is 6.03 Å². The molecule has 0 aromatic heterocycles. The second kappa shape index (κ2) is 5.05. The Bertz CT molecular complexity index is 106. The molecule has 0 atom stereocenters. The van der Waals surface area contributed by atoms with Gasteiger partial charge < -0.3 is 4.90 Å². The molecular formula is C6H14N2O2. The van der Waals surface area contributed by atoms with E-state index in [1.165, 1.54) is 4.90 Å². The highest BCUT2D eigenvalue weighted by atomic mass is 16.7. The fourth-order valence-electron chi connectivity index (χ4n) is 0.355. The third-order valence-corrected chi connectivity index (χ3v) is 1.12. The summed E-state index contributed by atoms with van der Waals surface area (Å²) in [4.78, 5) is 17.0. The minimum absolute atomic E-state index is 0.204. The van der Waals surface area contributed by atoms with Crippen LogP contribution in [0.5, 0.6) is 0 Å². The third-order valence-electron chi connectivity index (χ3n) is 1.12. The number of hydrogen-bond acceptors (Lipinski definition) is 2. The Balaban J connectivity index is 3.42. The van der Waals surface area contributed by atoms with Crippen molar-refractivity contribution in [2.45, 2.75) is 13.8 Å². The van der Waals surface area contributed by atoms with Crippen molar-refractivity contribution in [3.63, 3.8) is 0 Å². The standard InChI is InChI=1S/C6H14N2O2/c1-4-8(3)6(9)7-10-5-2/h4-5H2,1-3H3,(H,7,9). The third kappa shape index (κ3) is 3.29. The van der Waals surface area contributed by atoms with Crippen LogP contribution in [0.15, 0.2) is 0 Å². The number of carbonyl (C=O) groups is 1. The highest BCUT2D eigenvalue weighted by Crippen LogP contribution is 1.81. The van der Waals surface area contributed by atoms with E-state index in [-0.39, 0.29) is 6.03 Å². The largest absolute Gasteiger partial charge is 0.341 e. The van der Waals surface area contributed by atoms with Crippen LogP contribution in [0, 0.1) is 0 Å². The van der Waals surface area contributed by atoms with Gasteiger partial charge in [-0.2, -0.15) is 0 Å². The zero-order valence-corrected chi connectivity index (χ0v) is 6.68. The van der Waals surface area contributed by atoms with E-state index in [1.807, 2.05) is 13.8 Å². The summed E-state index contributed by atoms with van der Waals surface area (Å²) < 4.78 is 0.